The summed E-state index contributed by atoms with van der Waals surface area (Å²) in [7, 11) is -3.60. The number of aromatic nitrogens is 1. The molecule has 132 valence electrons. The number of hydrogen-bond acceptors (Lipinski definition) is 4. The Kier molecular flexibility index (Phi) is 5.29. The number of rotatable bonds is 3. The van der Waals surface area contributed by atoms with Crippen LogP contribution in [0.2, 0.25) is 10.0 Å². The summed E-state index contributed by atoms with van der Waals surface area (Å²) in [4.78, 5) is 18.2. The van der Waals surface area contributed by atoms with E-state index in [1.54, 1.807) is 23.1 Å². The fourth-order valence-electron chi connectivity index (χ4n) is 2.61. The number of nitrogens with zero attached hydrogens (tertiary/aromatic N) is 3. The lowest BCUT2D eigenvalue weighted by atomic mass is 10.2. The van der Waals surface area contributed by atoms with Gasteiger partial charge >= 0.3 is 0 Å². The Hall–Kier alpha value is -1.67. The molecular weight excluding hydrogens is 385 g/mol. The van der Waals surface area contributed by atoms with Gasteiger partial charge in [-0.3, -0.25) is 9.78 Å². The van der Waals surface area contributed by atoms with E-state index >= 15 is 0 Å². The summed E-state index contributed by atoms with van der Waals surface area (Å²) in [6.45, 7) is 1.01. The van der Waals surface area contributed by atoms with Crippen LogP contribution in [0.25, 0.3) is 0 Å². The first kappa shape index (κ1) is 18.1. The highest BCUT2D eigenvalue weighted by Crippen LogP contribution is 2.23. The third-order valence-electron chi connectivity index (χ3n) is 3.96. The quantitative estimate of drug-likeness (QED) is 0.794. The fourth-order valence-corrected chi connectivity index (χ4v) is 4.49. The lowest BCUT2D eigenvalue weighted by molar-refractivity contribution is 0.0698. The lowest BCUT2D eigenvalue weighted by Gasteiger charge is -2.34. The predicted molar refractivity (Wildman–Crippen MR) is 95.4 cm³/mol. The van der Waals surface area contributed by atoms with Crippen LogP contribution in [0.15, 0.2) is 47.6 Å². The minimum atomic E-state index is -3.60. The van der Waals surface area contributed by atoms with Gasteiger partial charge in [0.15, 0.2) is 0 Å². The molecule has 0 N–H and O–H groups in total. The van der Waals surface area contributed by atoms with E-state index in [9.17, 15) is 13.2 Å². The van der Waals surface area contributed by atoms with E-state index in [2.05, 4.69) is 4.98 Å². The van der Waals surface area contributed by atoms with Gasteiger partial charge < -0.3 is 4.90 Å². The molecule has 6 nitrogen and oxygen atoms in total. The fraction of sp³-hybridized carbons (Fsp3) is 0.250. The Bertz CT molecular complexity index is 883. The molecule has 1 aromatic heterocycles. The van der Waals surface area contributed by atoms with Gasteiger partial charge in [0.05, 0.1) is 10.6 Å². The average Bonchev–Trinajstić information content (AvgIpc) is 2.62. The Morgan fingerprint density at radius 2 is 1.80 bits per heavy atom. The molecule has 0 saturated carbocycles. The first-order chi connectivity index (χ1) is 11.9. The first-order valence-electron chi connectivity index (χ1n) is 7.54. The number of piperazine rings is 1. The minimum Gasteiger partial charge on any atom is -0.336 e. The van der Waals surface area contributed by atoms with Gasteiger partial charge in [-0.05, 0) is 30.3 Å². The van der Waals surface area contributed by atoms with E-state index in [1.165, 1.54) is 28.8 Å². The lowest BCUT2D eigenvalue weighted by Crippen LogP contribution is -2.50. The normalized spacial score (nSPS) is 16.0. The minimum absolute atomic E-state index is 0.149. The molecule has 0 spiro atoms. The van der Waals surface area contributed by atoms with Crippen molar-refractivity contribution in [3.05, 3.63) is 58.3 Å². The Morgan fingerprint density at radius 1 is 1.08 bits per heavy atom. The highest BCUT2D eigenvalue weighted by molar-refractivity contribution is 7.89. The van der Waals surface area contributed by atoms with E-state index in [1.807, 2.05) is 0 Å². The van der Waals surface area contributed by atoms with Crippen molar-refractivity contribution in [3.63, 3.8) is 0 Å². The van der Waals surface area contributed by atoms with Gasteiger partial charge in [0.1, 0.15) is 4.90 Å². The Morgan fingerprint density at radius 3 is 2.40 bits per heavy atom. The summed E-state index contributed by atoms with van der Waals surface area (Å²) in [6, 6.07) is 7.78. The molecule has 1 saturated heterocycles. The first-order valence-corrected chi connectivity index (χ1v) is 9.74. The molecule has 0 unspecified atom stereocenters. The molecule has 2 heterocycles. The number of sulfonamides is 1. The van der Waals surface area contributed by atoms with Crippen molar-refractivity contribution in [1.82, 2.24) is 14.2 Å². The summed E-state index contributed by atoms with van der Waals surface area (Å²) in [5.74, 6) is -0.236. The highest BCUT2D eigenvalue weighted by Gasteiger charge is 2.31. The van der Waals surface area contributed by atoms with Crippen LogP contribution in [0.3, 0.4) is 0 Å². The van der Waals surface area contributed by atoms with Crippen LogP contribution >= 0.6 is 23.2 Å². The molecule has 3 rings (SSSR count). The monoisotopic (exact) mass is 399 g/mol. The third-order valence-corrected chi connectivity index (χ3v) is 6.39. The van der Waals surface area contributed by atoms with Crippen molar-refractivity contribution >= 4 is 39.1 Å². The standard InChI is InChI=1S/C16H15Cl2N3O3S/c17-12-3-4-14(15(18)10-12)16(22)20-6-8-21(9-7-20)25(23,24)13-2-1-5-19-11-13/h1-5,10-11H,6-9H2. The maximum Gasteiger partial charge on any atom is 0.255 e. The van der Waals surface area contributed by atoms with Crippen molar-refractivity contribution in [1.29, 1.82) is 0 Å². The summed E-state index contributed by atoms with van der Waals surface area (Å²) in [5.41, 5.74) is 0.356. The van der Waals surface area contributed by atoms with Gasteiger partial charge in [-0.1, -0.05) is 23.2 Å². The number of amides is 1. The third kappa shape index (κ3) is 3.79. The Balaban J connectivity index is 1.70. The van der Waals surface area contributed by atoms with Crippen LogP contribution in [0.4, 0.5) is 0 Å². The number of halogens is 2. The van der Waals surface area contributed by atoms with Gasteiger partial charge in [0, 0.05) is 43.6 Å². The number of carbonyl (C=O) groups is 1. The van der Waals surface area contributed by atoms with Crippen LogP contribution in [0.1, 0.15) is 10.4 Å². The molecule has 25 heavy (non-hydrogen) atoms. The molecule has 9 heteroatoms. The van der Waals surface area contributed by atoms with Crippen molar-refractivity contribution in [3.8, 4) is 0 Å². The maximum atomic E-state index is 12.6. The molecule has 2 aromatic rings. The number of benzene rings is 1. The summed E-state index contributed by atoms with van der Waals surface area (Å²) in [5, 5.41) is 0.733. The molecule has 0 bridgehead atoms. The van der Waals surface area contributed by atoms with Crippen LogP contribution in [-0.4, -0.2) is 54.7 Å². The Labute approximate surface area is 156 Å². The van der Waals surface area contributed by atoms with Gasteiger partial charge in [-0.25, -0.2) is 8.42 Å². The number of pyridine rings is 1. The van der Waals surface area contributed by atoms with Crippen LogP contribution in [0.5, 0.6) is 0 Å². The van der Waals surface area contributed by atoms with Crippen LogP contribution in [0, 0.1) is 0 Å². The summed E-state index contributed by atoms with van der Waals surface area (Å²) >= 11 is 11.9. The van der Waals surface area contributed by atoms with Crippen molar-refractivity contribution in [2.45, 2.75) is 4.90 Å². The molecular formula is C16H15Cl2N3O3S. The topological polar surface area (TPSA) is 70.6 Å². The zero-order valence-corrected chi connectivity index (χ0v) is 15.4. The van der Waals surface area contributed by atoms with Crippen molar-refractivity contribution in [2.24, 2.45) is 0 Å². The molecule has 1 fully saturated rings. The molecule has 1 amide bonds. The molecule has 1 aliphatic heterocycles. The van der Waals surface area contributed by atoms with Crippen LogP contribution in [-0.2, 0) is 10.0 Å². The van der Waals surface area contributed by atoms with E-state index in [4.69, 9.17) is 23.2 Å². The van der Waals surface area contributed by atoms with Gasteiger partial charge in [-0.15, -0.1) is 0 Å². The molecule has 0 radical (unpaired) electrons. The maximum absolute atomic E-state index is 12.6. The van der Waals surface area contributed by atoms with E-state index in [0.717, 1.165) is 0 Å². The summed E-state index contributed by atoms with van der Waals surface area (Å²) < 4.78 is 26.5. The predicted octanol–water partition coefficient (Wildman–Crippen LogP) is 2.54. The second-order valence-electron chi connectivity index (χ2n) is 5.51. The SMILES string of the molecule is O=C(c1ccc(Cl)cc1Cl)N1CCN(S(=O)(=O)c2cccnc2)CC1. The van der Waals surface area contributed by atoms with E-state index in [-0.39, 0.29) is 42.0 Å². The smallest absolute Gasteiger partial charge is 0.255 e. The second kappa shape index (κ2) is 7.29. The molecule has 0 aliphatic carbocycles. The zero-order valence-electron chi connectivity index (χ0n) is 13.1. The molecule has 1 aliphatic rings. The number of hydrogen-bond donors (Lipinski definition) is 0. The number of carbonyl (C=O) groups excluding carboxylic acids is 1. The van der Waals surface area contributed by atoms with Gasteiger partial charge in [0.2, 0.25) is 10.0 Å². The average molecular weight is 400 g/mol. The van der Waals surface area contributed by atoms with Crippen LogP contribution < -0.4 is 0 Å². The van der Waals surface area contributed by atoms with E-state index < -0.39 is 10.0 Å². The largest absolute Gasteiger partial charge is 0.336 e. The molecule has 0 atom stereocenters. The van der Waals surface area contributed by atoms with Gasteiger partial charge in [0.25, 0.3) is 5.91 Å². The van der Waals surface area contributed by atoms with Crippen molar-refractivity contribution in [2.75, 3.05) is 26.2 Å². The zero-order chi connectivity index (χ0) is 18.0. The van der Waals surface area contributed by atoms with E-state index in [0.29, 0.717) is 10.6 Å². The highest BCUT2D eigenvalue weighted by atomic mass is 35.5. The summed E-state index contributed by atoms with van der Waals surface area (Å²) in [6.07, 6.45) is 2.84. The van der Waals surface area contributed by atoms with Crippen molar-refractivity contribution < 1.29 is 13.2 Å². The van der Waals surface area contributed by atoms with Gasteiger partial charge in [-0.2, -0.15) is 4.31 Å². The second-order valence-corrected chi connectivity index (χ2v) is 8.29. The molecule has 1 aromatic carbocycles.